The second-order valence-corrected chi connectivity index (χ2v) is 8.00. The minimum atomic E-state index is -3.52. The van der Waals surface area contributed by atoms with E-state index < -0.39 is 22.1 Å². The van der Waals surface area contributed by atoms with Gasteiger partial charge < -0.3 is 5.11 Å². The summed E-state index contributed by atoms with van der Waals surface area (Å²) in [6.07, 6.45) is 3.42. The summed E-state index contributed by atoms with van der Waals surface area (Å²) in [5.41, 5.74) is 1.77. The number of aliphatic hydroxyl groups is 1. The molecule has 0 bridgehead atoms. The number of hydrogen-bond acceptors (Lipinski definition) is 4. The summed E-state index contributed by atoms with van der Waals surface area (Å²) in [5.74, 6) is 6.53. The van der Waals surface area contributed by atoms with E-state index in [1.54, 1.807) is 0 Å². The van der Waals surface area contributed by atoms with Crippen LogP contribution in [0.4, 0.5) is 0 Å². The molecule has 1 aromatic rings. The van der Waals surface area contributed by atoms with Crippen molar-refractivity contribution in [2.24, 2.45) is 5.92 Å². The topological polar surface area (TPSA) is 81.4 Å². The number of benzene rings is 1. The molecule has 1 aliphatic heterocycles. The Morgan fingerprint density at radius 2 is 1.96 bits per heavy atom. The lowest BCUT2D eigenvalue weighted by molar-refractivity contribution is 0.0564. The van der Waals surface area contributed by atoms with Crippen molar-refractivity contribution in [3.8, 4) is 17.9 Å². The van der Waals surface area contributed by atoms with Gasteiger partial charge in [-0.1, -0.05) is 24.0 Å². The first-order chi connectivity index (χ1) is 11.0. The average Bonchev–Trinajstić information content (AvgIpc) is 3.29. The maximum atomic E-state index is 11.8. The lowest BCUT2D eigenvalue weighted by atomic mass is 9.78. The molecule has 23 heavy (non-hydrogen) atoms. The molecule has 0 aromatic heterocycles. The lowest BCUT2D eigenvalue weighted by Crippen LogP contribution is -2.64. The predicted molar refractivity (Wildman–Crippen MR) is 85.7 cm³/mol. The molecule has 0 spiro atoms. The van der Waals surface area contributed by atoms with E-state index in [0.29, 0.717) is 5.92 Å². The second kappa shape index (κ2) is 5.98. The van der Waals surface area contributed by atoms with Crippen molar-refractivity contribution in [2.75, 3.05) is 12.9 Å². The average molecular weight is 330 g/mol. The van der Waals surface area contributed by atoms with Crippen LogP contribution in [-0.4, -0.2) is 42.8 Å². The van der Waals surface area contributed by atoms with E-state index in [9.17, 15) is 18.8 Å². The molecule has 2 fully saturated rings. The van der Waals surface area contributed by atoms with Crippen molar-refractivity contribution in [1.82, 2.24) is 4.31 Å². The summed E-state index contributed by atoms with van der Waals surface area (Å²) < 4.78 is 24.7. The number of hydrogen-bond donors (Lipinski definition) is 1. The summed E-state index contributed by atoms with van der Waals surface area (Å²) in [7, 11) is -3.52. The van der Waals surface area contributed by atoms with Gasteiger partial charge in [0.05, 0.1) is 25.0 Å². The van der Waals surface area contributed by atoms with Crippen molar-refractivity contribution in [3.63, 3.8) is 0 Å². The molecule has 1 heterocycles. The van der Waals surface area contributed by atoms with Crippen molar-refractivity contribution >= 4 is 10.0 Å². The van der Waals surface area contributed by atoms with Crippen LogP contribution in [0.25, 0.3) is 0 Å². The minimum Gasteiger partial charge on any atom is -0.395 e. The van der Waals surface area contributed by atoms with Crippen LogP contribution >= 0.6 is 0 Å². The van der Waals surface area contributed by atoms with E-state index in [2.05, 4.69) is 11.8 Å². The van der Waals surface area contributed by atoms with E-state index in [-0.39, 0.29) is 12.5 Å². The molecule has 1 aromatic carbocycles. The number of nitriles is 1. The third-order valence-electron chi connectivity index (χ3n) is 4.35. The zero-order chi connectivity index (χ0) is 16.6. The van der Waals surface area contributed by atoms with E-state index in [1.165, 1.54) is 12.8 Å². The number of rotatable bonds is 3. The van der Waals surface area contributed by atoms with E-state index in [0.717, 1.165) is 21.7 Å². The van der Waals surface area contributed by atoms with Gasteiger partial charge in [-0.15, -0.1) is 0 Å². The van der Waals surface area contributed by atoms with Crippen LogP contribution in [0.3, 0.4) is 0 Å². The summed E-state index contributed by atoms with van der Waals surface area (Å²) in [6.45, 7) is -0.306. The Hall–Kier alpha value is -1.86. The van der Waals surface area contributed by atoms with Crippen molar-refractivity contribution in [1.29, 1.82) is 5.26 Å². The zero-order valence-electron chi connectivity index (χ0n) is 12.8. The smallest absolute Gasteiger partial charge is 0.212 e. The number of aliphatic hydroxyl groups excluding tert-OH is 1. The third-order valence-corrected chi connectivity index (χ3v) is 5.62. The fraction of sp³-hybridized carbons (Fsp3) is 0.471. The highest BCUT2D eigenvalue weighted by Crippen LogP contribution is 2.41. The molecule has 0 amide bonds. The van der Waals surface area contributed by atoms with Gasteiger partial charge in [-0.05, 0) is 30.5 Å². The fourth-order valence-corrected chi connectivity index (χ4v) is 4.30. The minimum absolute atomic E-state index is 0.306. The molecule has 2 aliphatic rings. The van der Waals surface area contributed by atoms with Crippen molar-refractivity contribution in [2.45, 2.75) is 30.8 Å². The first-order valence-corrected chi connectivity index (χ1v) is 9.41. The van der Waals surface area contributed by atoms with Crippen LogP contribution in [0.5, 0.6) is 0 Å². The molecule has 3 rings (SSSR count). The molecule has 0 radical (unpaired) electrons. The van der Waals surface area contributed by atoms with Gasteiger partial charge in [0.1, 0.15) is 6.04 Å². The summed E-state index contributed by atoms with van der Waals surface area (Å²) in [6, 6.07) is 8.19. The molecule has 1 saturated carbocycles. The maximum Gasteiger partial charge on any atom is 0.212 e. The molecule has 5 nitrogen and oxygen atoms in total. The quantitative estimate of drug-likeness (QED) is 0.840. The highest BCUT2D eigenvalue weighted by molar-refractivity contribution is 7.88. The predicted octanol–water partition coefficient (Wildman–Crippen LogP) is 1.06. The first kappa shape index (κ1) is 16.0. The molecule has 1 saturated heterocycles. The molecular formula is C17H18N2O3S. The molecule has 1 aliphatic carbocycles. The molecule has 6 heteroatoms. The highest BCUT2D eigenvalue weighted by atomic mass is 32.2. The largest absolute Gasteiger partial charge is 0.395 e. The molecular weight excluding hydrogens is 312 g/mol. The van der Waals surface area contributed by atoms with Gasteiger partial charge in [0, 0.05) is 17.4 Å². The molecule has 120 valence electrons. The Bertz CT molecular complexity index is 795. The lowest BCUT2D eigenvalue weighted by Gasteiger charge is -2.49. The van der Waals surface area contributed by atoms with Gasteiger partial charge in [0.2, 0.25) is 10.0 Å². The van der Waals surface area contributed by atoms with Crippen LogP contribution in [0.15, 0.2) is 24.3 Å². The summed E-state index contributed by atoms with van der Waals surface area (Å²) >= 11 is 0. The number of nitrogens with zero attached hydrogens (tertiary/aromatic N) is 2. The number of sulfonamides is 1. The van der Waals surface area contributed by atoms with E-state index >= 15 is 0 Å². The Balaban J connectivity index is 1.83. The van der Waals surface area contributed by atoms with Crippen LogP contribution < -0.4 is 0 Å². The normalized spacial score (nSPS) is 27.4. The third kappa shape index (κ3) is 3.11. The van der Waals surface area contributed by atoms with Gasteiger partial charge in [-0.2, -0.15) is 9.57 Å². The van der Waals surface area contributed by atoms with Crippen LogP contribution in [-0.2, 0) is 10.0 Å². The summed E-state index contributed by atoms with van der Waals surface area (Å²) in [4.78, 5) is 0. The fourth-order valence-electron chi connectivity index (χ4n) is 3.02. The zero-order valence-corrected chi connectivity index (χ0v) is 13.6. The standard InChI is InChI=1S/C17H18N2O3S/c1-23(21,22)19-15(10-18)17(16(19)11-20)14-8-6-13(7-9-14)5-4-12-2-3-12/h6-9,12,15-17,20H,2-3,11H2,1H3/t15-,16-,17+/m1/s1. The van der Waals surface area contributed by atoms with E-state index in [1.807, 2.05) is 30.3 Å². The summed E-state index contributed by atoms with van der Waals surface area (Å²) in [5, 5.41) is 18.8. The SMILES string of the molecule is CS(=O)(=O)N1[C@H](C#N)[C@H](c2ccc(C#CC3CC3)cc2)[C@H]1CO. The van der Waals surface area contributed by atoms with Crippen LogP contribution in [0, 0.1) is 29.1 Å². The van der Waals surface area contributed by atoms with Gasteiger partial charge in [0.25, 0.3) is 0 Å². The monoisotopic (exact) mass is 330 g/mol. The van der Waals surface area contributed by atoms with Crippen molar-refractivity contribution < 1.29 is 13.5 Å². The highest BCUT2D eigenvalue weighted by Gasteiger charge is 2.53. The Morgan fingerprint density at radius 3 is 2.43 bits per heavy atom. The maximum absolute atomic E-state index is 11.8. The van der Waals surface area contributed by atoms with E-state index in [4.69, 9.17) is 0 Å². The molecule has 1 N–H and O–H groups in total. The van der Waals surface area contributed by atoms with Crippen LogP contribution in [0.2, 0.25) is 0 Å². The first-order valence-electron chi connectivity index (χ1n) is 7.56. The van der Waals surface area contributed by atoms with Gasteiger partial charge >= 0.3 is 0 Å². The Kier molecular flexibility index (Phi) is 4.16. The van der Waals surface area contributed by atoms with Gasteiger partial charge in [0.15, 0.2) is 0 Å². The van der Waals surface area contributed by atoms with Crippen molar-refractivity contribution in [3.05, 3.63) is 35.4 Å². The molecule has 3 atom stereocenters. The second-order valence-electron chi connectivity index (χ2n) is 6.11. The van der Waals surface area contributed by atoms with Gasteiger partial charge in [-0.25, -0.2) is 8.42 Å². The van der Waals surface area contributed by atoms with Crippen LogP contribution in [0.1, 0.15) is 29.9 Å². The van der Waals surface area contributed by atoms with Gasteiger partial charge in [-0.3, -0.25) is 0 Å². The Morgan fingerprint density at radius 1 is 1.30 bits per heavy atom. The molecule has 0 unspecified atom stereocenters. The Labute approximate surface area is 136 Å².